The van der Waals surface area contributed by atoms with Gasteiger partial charge < -0.3 is 19.7 Å². The van der Waals surface area contributed by atoms with Crippen LogP contribution in [0.15, 0.2) is 24.7 Å². The van der Waals surface area contributed by atoms with E-state index in [4.69, 9.17) is 9.47 Å². The summed E-state index contributed by atoms with van der Waals surface area (Å²) in [6, 6.07) is 4.69. The molecule has 1 unspecified atom stereocenters. The van der Waals surface area contributed by atoms with Gasteiger partial charge >= 0.3 is 0 Å². The third kappa shape index (κ3) is 3.41. The van der Waals surface area contributed by atoms with Crippen LogP contribution in [0.3, 0.4) is 0 Å². The Morgan fingerprint density at radius 1 is 1.13 bits per heavy atom. The average molecular weight is 422 g/mol. The van der Waals surface area contributed by atoms with Gasteiger partial charge in [0.15, 0.2) is 0 Å². The van der Waals surface area contributed by atoms with Gasteiger partial charge in [-0.25, -0.2) is 15.0 Å². The molecular formula is C22H27N7O2. The Kier molecular flexibility index (Phi) is 4.53. The second-order valence-corrected chi connectivity index (χ2v) is 8.98. The van der Waals surface area contributed by atoms with Crippen LogP contribution in [0.4, 0.5) is 11.6 Å². The van der Waals surface area contributed by atoms with Crippen LogP contribution in [0.2, 0.25) is 0 Å². The molecule has 2 bridgehead atoms. The number of hydrogen-bond acceptors (Lipinski definition) is 8. The van der Waals surface area contributed by atoms with Crippen LogP contribution in [-0.2, 0) is 9.47 Å². The molecule has 3 saturated heterocycles. The van der Waals surface area contributed by atoms with E-state index in [-0.39, 0.29) is 12.2 Å². The van der Waals surface area contributed by atoms with E-state index in [1.54, 1.807) is 6.33 Å². The zero-order valence-electron chi connectivity index (χ0n) is 17.8. The number of nitrogens with zero attached hydrogens (tertiary/aromatic N) is 5. The van der Waals surface area contributed by atoms with Gasteiger partial charge in [-0.2, -0.15) is 5.10 Å². The van der Waals surface area contributed by atoms with Crippen molar-refractivity contribution < 1.29 is 9.47 Å². The van der Waals surface area contributed by atoms with Crippen molar-refractivity contribution in [2.45, 2.75) is 63.5 Å². The van der Waals surface area contributed by atoms with Gasteiger partial charge in [0.2, 0.25) is 0 Å². The SMILES string of the molecule is C[C@@H]1CC(Nc2nccc3[nH]nc(-c4cc(N5C[C@H]6C[C@@H]5CO6)ncn4)c23)C[C@H](C)O1. The number of anilines is 2. The maximum Gasteiger partial charge on any atom is 0.137 e. The molecule has 3 aliphatic rings. The molecule has 0 aliphatic carbocycles. The molecule has 0 spiro atoms. The molecule has 6 heterocycles. The van der Waals surface area contributed by atoms with E-state index in [1.165, 1.54) is 0 Å². The van der Waals surface area contributed by atoms with Crippen LogP contribution in [-0.4, -0.2) is 68.7 Å². The third-order valence-electron chi connectivity index (χ3n) is 6.60. The van der Waals surface area contributed by atoms with Gasteiger partial charge in [-0.05, 0) is 39.2 Å². The van der Waals surface area contributed by atoms with Gasteiger partial charge in [0.1, 0.15) is 23.7 Å². The van der Waals surface area contributed by atoms with Crippen LogP contribution in [0, 0.1) is 0 Å². The summed E-state index contributed by atoms with van der Waals surface area (Å²) in [5, 5.41) is 12.4. The van der Waals surface area contributed by atoms with E-state index in [2.05, 4.69) is 49.2 Å². The van der Waals surface area contributed by atoms with Crippen molar-refractivity contribution in [3.63, 3.8) is 0 Å². The van der Waals surface area contributed by atoms with Gasteiger partial charge in [0.05, 0.1) is 47.6 Å². The normalized spacial score (nSPS) is 30.3. The summed E-state index contributed by atoms with van der Waals surface area (Å²) in [4.78, 5) is 16.1. The standard InChI is InChI=1S/C22H27N7O2/c1-12-5-14(6-13(2)31-12)26-22-20-17(3-4-23-22)27-28-21(20)18-8-19(25-11-24-18)29-9-16-7-15(29)10-30-16/h3-4,8,11-16H,5-7,9-10H2,1-2H3,(H,23,26)(H,27,28)/t12-,13+,14?,15-,16-/m1/s1. The Morgan fingerprint density at radius 2 is 2.00 bits per heavy atom. The van der Waals surface area contributed by atoms with Crippen molar-refractivity contribution in [2.24, 2.45) is 0 Å². The van der Waals surface area contributed by atoms with Gasteiger partial charge in [0.25, 0.3) is 0 Å². The molecule has 31 heavy (non-hydrogen) atoms. The first-order valence-electron chi connectivity index (χ1n) is 11.1. The number of hydrogen-bond donors (Lipinski definition) is 2. The number of fused-ring (bicyclic) bond motifs is 3. The molecule has 3 aromatic heterocycles. The highest BCUT2D eigenvalue weighted by Gasteiger charge is 2.39. The van der Waals surface area contributed by atoms with Crippen molar-refractivity contribution in [1.82, 2.24) is 25.1 Å². The lowest BCUT2D eigenvalue weighted by Crippen LogP contribution is -2.37. The highest BCUT2D eigenvalue weighted by atomic mass is 16.5. The topological polar surface area (TPSA) is 101 Å². The summed E-state index contributed by atoms with van der Waals surface area (Å²) in [7, 11) is 0. The molecule has 5 atom stereocenters. The van der Waals surface area contributed by atoms with Crippen LogP contribution in [0.1, 0.15) is 33.1 Å². The lowest BCUT2D eigenvalue weighted by Gasteiger charge is -2.33. The molecule has 162 valence electrons. The van der Waals surface area contributed by atoms with Crippen molar-refractivity contribution in [2.75, 3.05) is 23.4 Å². The second-order valence-electron chi connectivity index (χ2n) is 8.98. The van der Waals surface area contributed by atoms with E-state index in [9.17, 15) is 0 Å². The molecule has 2 N–H and O–H groups in total. The predicted molar refractivity (Wildman–Crippen MR) is 117 cm³/mol. The Bertz CT molecular complexity index is 1090. The Hall–Kier alpha value is -2.78. The van der Waals surface area contributed by atoms with Gasteiger partial charge in [-0.3, -0.25) is 5.10 Å². The Balaban J connectivity index is 1.34. The predicted octanol–water partition coefficient (Wildman–Crippen LogP) is 2.76. The van der Waals surface area contributed by atoms with E-state index < -0.39 is 0 Å². The van der Waals surface area contributed by atoms with E-state index in [0.29, 0.717) is 18.2 Å². The van der Waals surface area contributed by atoms with Crippen molar-refractivity contribution >= 4 is 22.5 Å². The van der Waals surface area contributed by atoms with Crippen LogP contribution < -0.4 is 10.2 Å². The van der Waals surface area contributed by atoms with Crippen LogP contribution in [0.5, 0.6) is 0 Å². The van der Waals surface area contributed by atoms with E-state index in [0.717, 1.165) is 66.3 Å². The van der Waals surface area contributed by atoms with Gasteiger partial charge in [-0.1, -0.05) is 0 Å². The molecule has 0 radical (unpaired) electrons. The first kappa shape index (κ1) is 18.9. The number of nitrogens with one attached hydrogen (secondary N) is 2. The third-order valence-corrected chi connectivity index (χ3v) is 6.60. The maximum atomic E-state index is 5.89. The van der Waals surface area contributed by atoms with Gasteiger partial charge in [0, 0.05) is 24.8 Å². The zero-order valence-corrected chi connectivity index (χ0v) is 17.8. The Morgan fingerprint density at radius 3 is 2.77 bits per heavy atom. The van der Waals surface area contributed by atoms with Crippen LogP contribution in [0.25, 0.3) is 22.3 Å². The first-order valence-corrected chi connectivity index (χ1v) is 11.1. The molecule has 9 nitrogen and oxygen atoms in total. The summed E-state index contributed by atoms with van der Waals surface area (Å²) in [6.07, 6.45) is 7.19. The first-order chi connectivity index (χ1) is 15.1. The fraction of sp³-hybridized carbons (Fsp3) is 0.545. The fourth-order valence-corrected chi connectivity index (χ4v) is 5.29. The summed E-state index contributed by atoms with van der Waals surface area (Å²) < 4.78 is 11.6. The number of pyridine rings is 1. The lowest BCUT2D eigenvalue weighted by molar-refractivity contribution is -0.0338. The van der Waals surface area contributed by atoms with Crippen molar-refractivity contribution in [3.8, 4) is 11.4 Å². The molecule has 3 fully saturated rings. The lowest BCUT2D eigenvalue weighted by atomic mass is 9.99. The summed E-state index contributed by atoms with van der Waals surface area (Å²) >= 11 is 0. The monoisotopic (exact) mass is 421 g/mol. The second kappa shape index (κ2) is 7.42. The van der Waals surface area contributed by atoms with E-state index in [1.807, 2.05) is 18.3 Å². The number of morpholine rings is 1. The van der Waals surface area contributed by atoms with Gasteiger partial charge in [-0.15, -0.1) is 0 Å². The fourth-order valence-electron chi connectivity index (χ4n) is 5.29. The van der Waals surface area contributed by atoms with Crippen molar-refractivity contribution in [1.29, 1.82) is 0 Å². The average Bonchev–Trinajstić information content (AvgIpc) is 3.49. The maximum absolute atomic E-state index is 5.89. The molecule has 9 heteroatoms. The Labute approximate surface area is 180 Å². The number of rotatable bonds is 4. The number of ether oxygens (including phenoxy) is 2. The summed E-state index contributed by atoms with van der Waals surface area (Å²) in [6.45, 7) is 5.91. The molecular weight excluding hydrogens is 394 g/mol. The highest BCUT2D eigenvalue weighted by molar-refractivity contribution is 6.00. The number of aromatic nitrogens is 5. The minimum Gasteiger partial charge on any atom is -0.375 e. The van der Waals surface area contributed by atoms with Crippen LogP contribution >= 0.6 is 0 Å². The van der Waals surface area contributed by atoms with Crippen molar-refractivity contribution in [3.05, 3.63) is 24.7 Å². The number of H-pyrrole nitrogens is 1. The summed E-state index contributed by atoms with van der Waals surface area (Å²) in [5.41, 5.74) is 2.53. The molecule has 3 aromatic rings. The quantitative estimate of drug-likeness (QED) is 0.663. The van der Waals surface area contributed by atoms with E-state index >= 15 is 0 Å². The zero-order chi connectivity index (χ0) is 20.9. The largest absolute Gasteiger partial charge is 0.375 e. The highest BCUT2D eigenvalue weighted by Crippen LogP contribution is 2.35. The molecule has 6 rings (SSSR count). The number of aromatic amines is 1. The smallest absolute Gasteiger partial charge is 0.137 e. The minimum atomic E-state index is 0.230. The molecule has 0 amide bonds. The molecule has 0 saturated carbocycles. The molecule has 0 aromatic carbocycles. The minimum absolute atomic E-state index is 0.230. The molecule has 3 aliphatic heterocycles. The summed E-state index contributed by atoms with van der Waals surface area (Å²) in [5.74, 6) is 1.77.